The lowest BCUT2D eigenvalue weighted by Gasteiger charge is -2.34. The largest absolute Gasteiger partial charge is 0.445 e. The summed E-state index contributed by atoms with van der Waals surface area (Å²) in [7, 11) is 0. The number of aliphatic hydroxyl groups is 1. The third-order valence-electron chi connectivity index (χ3n) is 6.26. The van der Waals surface area contributed by atoms with Crippen LogP contribution in [-0.2, 0) is 25.7 Å². The second-order valence-electron chi connectivity index (χ2n) is 9.94. The summed E-state index contributed by atoms with van der Waals surface area (Å²) in [6.45, 7) is 4.32. The van der Waals surface area contributed by atoms with Crippen molar-refractivity contribution in [3.05, 3.63) is 35.9 Å². The zero-order valence-corrected chi connectivity index (χ0v) is 21.6. The van der Waals surface area contributed by atoms with E-state index in [1.807, 2.05) is 44.2 Å². The Balaban J connectivity index is 1.69. The predicted octanol–water partition coefficient (Wildman–Crippen LogP) is 1.24. The van der Waals surface area contributed by atoms with Gasteiger partial charge in [-0.1, -0.05) is 44.2 Å². The fourth-order valence-electron chi connectivity index (χ4n) is 4.04. The molecule has 0 unspecified atom stereocenters. The summed E-state index contributed by atoms with van der Waals surface area (Å²) in [4.78, 5) is 48.5. The molecule has 0 aromatic heterocycles. The van der Waals surface area contributed by atoms with Gasteiger partial charge in [-0.15, -0.1) is 12.6 Å². The molecule has 1 aliphatic heterocycles. The minimum atomic E-state index is -2.25. The Labute approximate surface area is 216 Å². The topological polar surface area (TPSA) is 146 Å². The van der Waals surface area contributed by atoms with Crippen molar-refractivity contribution in [1.82, 2.24) is 21.3 Å². The van der Waals surface area contributed by atoms with E-state index < -0.39 is 40.8 Å². The van der Waals surface area contributed by atoms with Crippen LogP contribution in [0.15, 0.2) is 30.3 Å². The van der Waals surface area contributed by atoms with Crippen LogP contribution in [0.5, 0.6) is 0 Å². The van der Waals surface area contributed by atoms with Crippen molar-refractivity contribution in [2.24, 2.45) is 11.8 Å². The van der Waals surface area contributed by atoms with Crippen LogP contribution in [0.2, 0.25) is 0 Å². The summed E-state index contributed by atoms with van der Waals surface area (Å²) in [6.07, 6.45) is 1.68. The zero-order chi connectivity index (χ0) is 26.3. The molecule has 0 bridgehead atoms. The molecule has 1 saturated carbocycles. The number of rotatable bonds is 12. The van der Waals surface area contributed by atoms with E-state index in [0.29, 0.717) is 19.4 Å². The molecule has 1 heterocycles. The molecule has 4 amide bonds. The number of ether oxygens (including phenoxy) is 1. The maximum Gasteiger partial charge on any atom is 0.408 e. The first-order valence-electron chi connectivity index (χ1n) is 12.4. The number of benzene rings is 1. The molecule has 4 atom stereocenters. The fraction of sp³-hybridized carbons (Fsp3) is 0.600. The van der Waals surface area contributed by atoms with Gasteiger partial charge in [0.15, 0.2) is 0 Å². The Kier molecular flexibility index (Phi) is 9.61. The van der Waals surface area contributed by atoms with Gasteiger partial charge < -0.3 is 31.1 Å². The van der Waals surface area contributed by atoms with Crippen molar-refractivity contribution in [1.29, 1.82) is 0 Å². The maximum absolute atomic E-state index is 13.3. The van der Waals surface area contributed by atoms with Gasteiger partial charge in [0.25, 0.3) is 5.91 Å². The highest BCUT2D eigenvalue weighted by Crippen LogP contribution is 2.28. The third-order valence-corrected chi connectivity index (χ3v) is 6.78. The minimum Gasteiger partial charge on any atom is -0.445 e. The Morgan fingerprint density at radius 1 is 1.17 bits per heavy atom. The van der Waals surface area contributed by atoms with Crippen LogP contribution in [-0.4, -0.2) is 58.5 Å². The van der Waals surface area contributed by atoms with E-state index in [0.717, 1.165) is 18.4 Å². The first-order chi connectivity index (χ1) is 17.1. The molecule has 1 aliphatic carbocycles. The summed E-state index contributed by atoms with van der Waals surface area (Å²) in [5.74, 6) is -1.98. The summed E-state index contributed by atoms with van der Waals surface area (Å²) >= 11 is 4.22. The minimum absolute atomic E-state index is 0.0164. The van der Waals surface area contributed by atoms with Gasteiger partial charge in [-0.2, -0.15) is 0 Å². The van der Waals surface area contributed by atoms with E-state index in [4.69, 9.17) is 4.74 Å². The van der Waals surface area contributed by atoms with Gasteiger partial charge in [0.2, 0.25) is 16.7 Å². The average molecular weight is 521 g/mol. The number of amides is 4. The van der Waals surface area contributed by atoms with Crippen molar-refractivity contribution in [2.75, 3.05) is 6.54 Å². The average Bonchev–Trinajstić information content (AvgIpc) is 3.56. The number of carbonyl (C=O) groups is 4. The summed E-state index contributed by atoms with van der Waals surface area (Å²) in [5.41, 5.74) is 0.800. The molecule has 2 fully saturated rings. The quantitative estimate of drug-likeness (QED) is 0.181. The molecule has 1 saturated heterocycles. The van der Waals surface area contributed by atoms with Gasteiger partial charge in [0, 0.05) is 18.5 Å². The molecule has 0 spiro atoms. The normalized spacial score (nSPS) is 20.6. The van der Waals surface area contributed by atoms with Gasteiger partial charge in [0.1, 0.15) is 12.6 Å². The van der Waals surface area contributed by atoms with Gasteiger partial charge in [0.05, 0.1) is 6.04 Å². The number of hydrogen-bond acceptors (Lipinski definition) is 7. The predicted molar refractivity (Wildman–Crippen MR) is 136 cm³/mol. The standard InChI is InChI=1S/C25H36N4O6S/c1-15(2)12-19(28-24(33)35-14-16-6-4-3-5-7-16)22(31)29-20(13-17-10-11-26-21(17)30)25(34,36)23(32)27-18-8-9-18/h3-7,15,17-20,34,36H,8-14H2,1-2H3,(H,26,30)(H,27,32)(H,28,33)(H,29,31)/t17-,19-,20-,25-/m0/s1. The first-order valence-corrected chi connectivity index (χ1v) is 12.8. The number of alkyl carbamates (subject to hydrolysis) is 1. The van der Waals surface area contributed by atoms with E-state index in [1.165, 1.54) is 0 Å². The Morgan fingerprint density at radius 2 is 1.86 bits per heavy atom. The summed E-state index contributed by atoms with van der Waals surface area (Å²) in [5, 5.41) is 21.8. The highest BCUT2D eigenvalue weighted by molar-refractivity contribution is 7.82. The van der Waals surface area contributed by atoms with E-state index in [1.54, 1.807) is 0 Å². The van der Waals surface area contributed by atoms with E-state index in [-0.39, 0.29) is 30.9 Å². The van der Waals surface area contributed by atoms with Crippen molar-refractivity contribution in [3.63, 3.8) is 0 Å². The van der Waals surface area contributed by atoms with Gasteiger partial charge in [-0.25, -0.2) is 4.79 Å². The van der Waals surface area contributed by atoms with E-state index in [2.05, 4.69) is 33.9 Å². The van der Waals surface area contributed by atoms with Crippen LogP contribution < -0.4 is 21.3 Å². The molecule has 10 nitrogen and oxygen atoms in total. The van der Waals surface area contributed by atoms with Gasteiger partial charge >= 0.3 is 6.09 Å². The number of carbonyl (C=O) groups excluding carboxylic acids is 4. The molecular formula is C25H36N4O6S. The van der Waals surface area contributed by atoms with Crippen LogP contribution in [0.25, 0.3) is 0 Å². The summed E-state index contributed by atoms with van der Waals surface area (Å²) < 4.78 is 5.26. The lowest BCUT2D eigenvalue weighted by atomic mass is 9.93. The molecule has 2 aliphatic rings. The lowest BCUT2D eigenvalue weighted by molar-refractivity contribution is -0.137. The highest BCUT2D eigenvalue weighted by Gasteiger charge is 2.46. The fourth-order valence-corrected chi connectivity index (χ4v) is 4.27. The van der Waals surface area contributed by atoms with E-state index >= 15 is 0 Å². The second-order valence-corrected chi connectivity index (χ2v) is 10.6. The van der Waals surface area contributed by atoms with Crippen LogP contribution in [0.3, 0.4) is 0 Å². The zero-order valence-electron chi connectivity index (χ0n) is 20.7. The Bertz CT molecular complexity index is 938. The molecule has 3 rings (SSSR count). The molecule has 1 aromatic carbocycles. The molecule has 198 valence electrons. The van der Waals surface area contributed by atoms with Gasteiger partial charge in [-0.3, -0.25) is 14.4 Å². The molecule has 5 N–H and O–H groups in total. The second kappa shape index (κ2) is 12.4. The van der Waals surface area contributed by atoms with E-state index in [9.17, 15) is 24.3 Å². The van der Waals surface area contributed by atoms with Crippen molar-refractivity contribution >= 4 is 36.4 Å². The van der Waals surface area contributed by atoms with Crippen molar-refractivity contribution in [3.8, 4) is 0 Å². The van der Waals surface area contributed by atoms with Crippen LogP contribution in [0.1, 0.15) is 51.5 Å². The number of nitrogens with one attached hydrogen (secondary N) is 4. The molecule has 1 aromatic rings. The third kappa shape index (κ3) is 8.12. The van der Waals surface area contributed by atoms with Crippen LogP contribution >= 0.6 is 12.6 Å². The number of hydrogen-bond donors (Lipinski definition) is 6. The Hall–Kier alpha value is -2.79. The summed E-state index contributed by atoms with van der Waals surface area (Å²) in [6, 6.07) is 6.96. The first kappa shape index (κ1) is 27.8. The van der Waals surface area contributed by atoms with Crippen molar-refractivity contribution in [2.45, 2.75) is 75.6 Å². The Morgan fingerprint density at radius 3 is 2.44 bits per heavy atom. The lowest BCUT2D eigenvalue weighted by Crippen LogP contribution is -2.61. The van der Waals surface area contributed by atoms with Crippen LogP contribution in [0, 0.1) is 11.8 Å². The maximum atomic E-state index is 13.3. The van der Waals surface area contributed by atoms with Gasteiger partial charge in [-0.05, 0) is 43.6 Å². The van der Waals surface area contributed by atoms with Crippen molar-refractivity contribution < 1.29 is 29.0 Å². The smallest absolute Gasteiger partial charge is 0.408 e. The molecule has 0 radical (unpaired) electrons. The molecule has 36 heavy (non-hydrogen) atoms. The monoisotopic (exact) mass is 520 g/mol. The number of thiol groups is 1. The molecule has 11 heteroatoms. The SMILES string of the molecule is CC(C)C[C@H](NC(=O)OCc1ccccc1)C(=O)N[C@@H](C[C@@H]1CCNC1=O)[C@](O)(S)C(=O)NC1CC1. The highest BCUT2D eigenvalue weighted by atomic mass is 32.1. The van der Waals surface area contributed by atoms with Crippen LogP contribution in [0.4, 0.5) is 4.79 Å². The molecular weight excluding hydrogens is 484 g/mol.